The lowest BCUT2D eigenvalue weighted by Gasteiger charge is -2.05. The van der Waals surface area contributed by atoms with Crippen molar-refractivity contribution in [1.29, 1.82) is 0 Å². The standard InChI is InChI=1S/C16H22O4/c1-3-11-19-15(17)5-4-6-16(18)20-12-14-9-7-13(2)8-10-14/h7-10H,3-6,11-12H2,1-2H3. The summed E-state index contributed by atoms with van der Waals surface area (Å²) in [5.74, 6) is -0.535. The van der Waals surface area contributed by atoms with Crippen molar-refractivity contribution in [3.05, 3.63) is 35.4 Å². The van der Waals surface area contributed by atoms with Crippen LogP contribution in [0.25, 0.3) is 0 Å². The molecule has 0 saturated carbocycles. The number of hydrogen-bond acceptors (Lipinski definition) is 4. The van der Waals surface area contributed by atoms with Crippen molar-refractivity contribution in [2.45, 2.75) is 46.1 Å². The lowest BCUT2D eigenvalue weighted by atomic mass is 10.2. The van der Waals surface area contributed by atoms with E-state index in [4.69, 9.17) is 9.47 Å². The molecule has 0 saturated heterocycles. The Morgan fingerprint density at radius 1 is 1.00 bits per heavy atom. The number of benzene rings is 1. The normalized spacial score (nSPS) is 10.1. The van der Waals surface area contributed by atoms with Gasteiger partial charge in [0.25, 0.3) is 0 Å². The largest absolute Gasteiger partial charge is 0.466 e. The zero-order valence-corrected chi connectivity index (χ0v) is 12.2. The van der Waals surface area contributed by atoms with Crippen LogP contribution in [0.3, 0.4) is 0 Å². The van der Waals surface area contributed by atoms with Gasteiger partial charge in [-0.05, 0) is 25.3 Å². The van der Waals surface area contributed by atoms with Crippen LogP contribution in [0.4, 0.5) is 0 Å². The lowest BCUT2D eigenvalue weighted by Crippen LogP contribution is -2.08. The van der Waals surface area contributed by atoms with E-state index in [1.165, 1.54) is 5.56 Å². The van der Waals surface area contributed by atoms with Crippen LogP contribution < -0.4 is 0 Å². The molecule has 0 unspecified atom stereocenters. The monoisotopic (exact) mass is 278 g/mol. The maximum atomic E-state index is 11.5. The Kier molecular flexibility index (Phi) is 7.40. The van der Waals surface area contributed by atoms with Crippen LogP contribution in [0, 0.1) is 6.92 Å². The third-order valence-electron chi connectivity index (χ3n) is 2.75. The molecular weight excluding hydrogens is 256 g/mol. The van der Waals surface area contributed by atoms with E-state index in [0.717, 1.165) is 12.0 Å². The summed E-state index contributed by atoms with van der Waals surface area (Å²) in [7, 11) is 0. The molecule has 0 aromatic heterocycles. The molecule has 0 aliphatic heterocycles. The van der Waals surface area contributed by atoms with Gasteiger partial charge in [-0.2, -0.15) is 0 Å². The minimum Gasteiger partial charge on any atom is -0.466 e. The molecule has 0 amide bonds. The zero-order valence-electron chi connectivity index (χ0n) is 12.2. The van der Waals surface area contributed by atoms with Crippen LogP contribution in [0.1, 0.15) is 43.7 Å². The van der Waals surface area contributed by atoms with Crippen molar-refractivity contribution in [1.82, 2.24) is 0 Å². The molecule has 0 N–H and O–H groups in total. The first kappa shape index (κ1) is 16.2. The molecule has 0 spiro atoms. The van der Waals surface area contributed by atoms with Gasteiger partial charge in [0.2, 0.25) is 0 Å². The molecule has 0 atom stereocenters. The highest BCUT2D eigenvalue weighted by Gasteiger charge is 2.07. The summed E-state index contributed by atoms with van der Waals surface area (Å²) < 4.78 is 10.1. The van der Waals surface area contributed by atoms with E-state index in [-0.39, 0.29) is 31.4 Å². The van der Waals surface area contributed by atoms with Gasteiger partial charge < -0.3 is 9.47 Å². The van der Waals surface area contributed by atoms with Gasteiger partial charge in [-0.3, -0.25) is 9.59 Å². The number of carbonyl (C=O) groups is 2. The minimum atomic E-state index is -0.283. The summed E-state index contributed by atoms with van der Waals surface area (Å²) in [6.07, 6.45) is 1.78. The molecule has 0 aliphatic carbocycles. The highest BCUT2D eigenvalue weighted by Crippen LogP contribution is 2.06. The van der Waals surface area contributed by atoms with Crippen molar-refractivity contribution in [2.75, 3.05) is 6.61 Å². The highest BCUT2D eigenvalue weighted by molar-refractivity contribution is 5.72. The van der Waals surface area contributed by atoms with E-state index in [1.807, 2.05) is 38.1 Å². The van der Waals surface area contributed by atoms with Gasteiger partial charge in [0.1, 0.15) is 6.61 Å². The second-order valence-electron chi connectivity index (χ2n) is 4.72. The predicted octanol–water partition coefficient (Wildman–Crippen LogP) is 3.16. The summed E-state index contributed by atoms with van der Waals surface area (Å²) in [4.78, 5) is 22.7. The molecule has 4 nitrogen and oxygen atoms in total. The Labute approximate surface area is 120 Å². The molecule has 0 bridgehead atoms. The first-order chi connectivity index (χ1) is 9.61. The second-order valence-corrected chi connectivity index (χ2v) is 4.72. The fourth-order valence-corrected chi connectivity index (χ4v) is 1.59. The molecule has 110 valence electrons. The maximum Gasteiger partial charge on any atom is 0.306 e. The summed E-state index contributed by atoms with van der Waals surface area (Å²) in [6.45, 7) is 4.67. The zero-order chi connectivity index (χ0) is 14.8. The van der Waals surface area contributed by atoms with Gasteiger partial charge in [-0.15, -0.1) is 0 Å². The summed E-state index contributed by atoms with van der Waals surface area (Å²) >= 11 is 0. The topological polar surface area (TPSA) is 52.6 Å². The SMILES string of the molecule is CCCOC(=O)CCCC(=O)OCc1ccc(C)cc1. The van der Waals surface area contributed by atoms with Crippen molar-refractivity contribution >= 4 is 11.9 Å². The summed E-state index contributed by atoms with van der Waals surface area (Å²) in [5.41, 5.74) is 2.14. The minimum absolute atomic E-state index is 0.243. The van der Waals surface area contributed by atoms with Crippen LogP contribution in [0.5, 0.6) is 0 Å². The predicted molar refractivity (Wildman–Crippen MR) is 76.1 cm³/mol. The molecule has 4 heteroatoms. The van der Waals surface area contributed by atoms with Gasteiger partial charge in [0.05, 0.1) is 6.61 Å². The Morgan fingerprint density at radius 2 is 1.60 bits per heavy atom. The lowest BCUT2D eigenvalue weighted by molar-refractivity contribution is -0.146. The average molecular weight is 278 g/mol. The molecule has 0 heterocycles. The van der Waals surface area contributed by atoms with Gasteiger partial charge in [0, 0.05) is 12.8 Å². The van der Waals surface area contributed by atoms with Gasteiger partial charge >= 0.3 is 11.9 Å². The molecule has 0 fully saturated rings. The van der Waals surface area contributed by atoms with Crippen molar-refractivity contribution in [2.24, 2.45) is 0 Å². The molecule has 1 aromatic carbocycles. The fourth-order valence-electron chi connectivity index (χ4n) is 1.59. The number of aryl methyl sites for hydroxylation is 1. The van der Waals surface area contributed by atoms with Crippen LogP contribution in [0.2, 0.25) is 0 Å². The Morgan fingerprint density at radius 3 is 2.20 bits per heavy atom. The first-order valence-electron chi connectivity index (χ1n) is 6.98. The molecule has 20 heavy (non-hydrogen) atoms. The quantitative estimate of drug-likeness (QED) is 0.685. The Balaban J connectivity index is 2.14. The van der Waals surface area contributed by atoms with E-state index >= 15 is 0 Å². The molecule has 0 radical (unpaired) electrons. The van der Waals surface area contributed by atoms with Gasteiger partial charge in [-0.25, -0.2) is 0 Å². The molecule has 1 aromatic rings. The average Bonchev–Trinajstić information content (AvgIpc) is 2.44. The van der Waals surface area contributed by atoms with Crippen LogP contribution in [-0.4, -0.2) is 18.5 Å². The number of ether oxygens (including phenoxy) is 2. The van der Waals surface area contributed by atoms with Crippen LogP contribution >= 0.6 is 0 Å². The molecular formula is C16H22O4. The number of esters is 2. The van der Waals surface area contributed by atoms with Crippen LogP contribution in [0.15, 0.2) is 24.3 Å². The van der Waals surface area contributed by atoms with Gasteiger partial charge in [-0.1, -0.05) is 36.8 Å². The van der Waals surface area contributed by atoms with E-state index in [1.54, 1.807) is 0 Å². The summed E-state index contributed by atoms with van der Waals surface area (Å²) in [5, 5.41) is 0. The van der Waals surface area contributed by atoms with Crippen molar-refractivity contribution in [3.8, 4) is 0 Å². The second kappa shape index (κ2) is 9.13. The van der Waals surface area contributed by atoms with E-state index in [2.05, 4.69) is 0 Å². The van der Waals surface area contributed by atoms with Gasteiger partial charge in [0.15, 0.2) is 0 Å². The Bertz CT molecular complexity index is 423. The van der Waals surface area contributed by atoms with E-state index in [9.17, 15) is 9.59 Å². The number of rotatable bonds is 8. The molecule has 1 rings (SSSR count). The van der Waals surface area contributed by atoms with E-state index < -0.39 is 0 Å². The smallest absolute Gasteiger partial charge is 0.306 e. The molecule has 0 aliphatic rings. The third-order valence-corrected chi connectivity index (χ3v) is 2.75. The number of carbonyl (C=O) groups excluding carboxylic acids is 2. The fraction of sp³-hybridized carbons (Fsp3) is 0.500. The summed E-state index contributed by atoms with van der Waals surface area (Å²) in [6, 6.07) is 7.83. The first-order valence-corrected chi connectivity index (χ1v) is 6.98. The van der Waals surface area contributed by atoms with E-state index in [0.29, 0.717) is 13.0 Å². The Hall–Kier alpha value is -1.84. The van der Waals surface area contributed by atoms with Crippen molar-refractivity contribution < 1.29 is 19.1 Å². The number of hydrogen-bond donors (Lipinski definition) is 0. The van der Waals surface area contributed by atoms with Crippen molar-refractivity contribution in [3.63, 3.8) is 0 Å². The van der Waals surface area contributed by atoms with Crippen LogP contribution in [-0.2, 0) is 25.7 Å². The maximum absolute atomic E-state index is 11.5. The third kappa shape index (κ3) is 6.92. The highest BCUT2D eigenvalue weighted by atomic mass is 16.5.